The third-order valence-electron chi connectivity index (χ3n) is 4.14. The third-order valence-corrected chi connectivity index (χ3v) is 4.14. The van der Waals surface area contributed by atoms with Crippen LogP contribution >= 0.6 is 0 Å². The number of fused-ring (bicyclic) bond motifs is 1. The number of aromatic nitrogens is 1. The van der Waals surface area contributed by atoms with Crippen LogP contribution in [0.2, 0.25) is 0 Å². The zero-order chi connectivity index (χ0) is 18.2. The summed E-state index contributed by atoms with van der Waals surface area (Å²) in [6, 6.07) is 28.5. The van der Waals surface area contributed by atoms with E-state index in [2.05, 4.69) is 49.2 Å². The van der Waals surface area contributed by atoms with Gasteiger partial charge in [0.05, 0.1) is 5.52 Å². The maximum Gasteiger partial charge on any atom is 0.119 e. The number of nitrogens with zero attached hydrogens (tertiary/aromatic N) is 1. The minimum Gasteiger partial charge on any atom is -0.489 e. The van der Waals surface area contributed by atoms with Crippen molar-refractivity contribution in [1.29, 1.82) is 0 Å². The van der Waals surface area contributed by atoms with Gasteiger partial charge in [0.15, 0.2) is 0 Å². The monoisotopic (exact) mass is 341 g/mol. The van der Waals surface area contributed by atoms with E-state index in [1.54, 1.807) is 0 Å². The molecule has 2 heteroatoms. The topological polar surface area (TPSA) is 22.1 Å². The van der Waals surface area contributed by atoms with Gasteiger partial charge in [-0.05, 0) is 49.2 Å². The first-order valence-corrected chi connectivity index (χ1v) is 8.76. The fraction of sp³-hybridized carbons (Fsp3) is 0.125. The second kappa shape index (κ2) is 8.82. The molecule has 3 aromatic carbocycles. The summed E-state index contributed by atoms with van der Waals surface area (Å²) in [7, 11) is 0. The smallest absolute Gasteiger partial charge is 0.119 e. The molecule has 0 unspecified atom stereocenters. The maximum atomic E-state index is 5.63. The number of pyridine rings is 1. The van der Waals surface area contributed by atoms with E-state index in [9.17, 15) is 0 Å². The van der Waals surface area contributed by atoms with E-state index < -0.39 is 0 Å². The van der Waals surface area contributed by atoms with Gasteiger partial charge in [-0.1, -0.05) is 66.2 Å². The van der Waals surface area contributed by atoms with Gasteiger partial charge in [-0.25, -0.2) is 0 Å². The molecule has 4 rings (SSSR count). The molecular formula is C24H23NO. The minimum atomic E-state index is 0.629. The Labute approximate surface area is 155 Å². The van der Waals surface area contributed by atoms with Crippen molar-refractivity contribution in [2.75, 3.05) is 0 Å². The molecule has 0 aliphatic carbocycles. The van der Waals surface area contributed by atoms with E-state index in [0.29, 0.717) is 6.61 Å². The van der Waals surface area contributed by atoms with Gasteiger partial charge in [-0.2, -0.15) is 0 Å². The van der Waals surface area contributed by atoms with Crippen LogP contribution in [-0.4, -0.2) is 4.98 Å². The molecular weight excluding hydrogens is 318 g/mol. The molecule has 130 valence electrons. The van der Waals surface area contributed by atoms with Crippen LogP contribution in [-0.2, 0) is 6.61 Å². The van der Waals surface area contributed by atoms with Gasteiger partial charge in [0.25, 0.3) is 0 Å². The van der Waals surface area contributed by atoms with Crippen LogP contribution in [0.3, 0.4) is 0 Å². The van der Waals surface area contributed by atoms with Crippen molar-refractivity contribution in [1.82, 2.24) is 4.98 Å². The maximum absolute atomic E-state index is 5.63. The van der Waals surface area contributed by atoms with Crippen molar-refractivity contribution in [2.24, 2.45) is 0 Å². The van der Waals surface area contributed by atoms with Crippen molar-refractivity contribution in [3.8, 4) is 5.75 Å². The molecule has 0 radical (unpaired) electrons. The van der Waals surface area contributed by atoms with Crippen molar-refractivity contribution in [2.45, 2.75) is 20.5 Å². The van der Waals surface area contributed by atoms with E-state index in [1.807, 2.05) is 60.8 Å². The lowest BCUT2D eigenvalue weighted by atomic mass is 10.1. The predicted octanol–water partition coefficient (Wildman–Crippen LogP) is 6.12. The standard InChI is InChI=1S/C14H14O.C10H9N/c1-12-7-9-13(10-8-12)11-15-14-5-3-2-4-6-14;1-8-6-7-11-10-5-3-2-4-9(8)10/h2-10H,11H2,1H3;2-7H,1H3. The van der Waals surface area contributed by atoms with Gasteiger partial charge in [-0.3, -0.25) is 4.98 Å². The lowest BCUT2D eigenvalue weighted by Gasteiger charge is -2.05. The Balaban J connectivity index is 0.000000158. The largest absolute Gasteiger partial charge is 0.489 e. The van der Waals surface area contributed by atoms with Crippen LogP contribution in [0.15, 0.2) is 91.1 Å². The molecule has 0 N–H and O–H groups in total. The number of rotatable bonds is 3. The molecule has 0 saturated carbocycles. The average molecular weight is 341 g/mol. The third kappa shape index (κ3) is 4.93. The highest BCUT2D eigenvalue weighted by Crippen LogP contribution is 2.14. The summed E-state index contributed by atoms with van der Waals surface area (Å²) in [4.78, 5) is 4.24. The average Bonchev–Trinajstić information content (AvgIpc) is 2.69. The Morgan fingerprint density at radius 1 is 0.731 bits per heavy atom. The number of hydrogen-bond donors (Lipinski definition) is 0. The zero-order valence-electron chi connectivity index (χ0n) is 15.2. The first-order valence-electron chi connectivity index (χ1n) is 8.76. The van der Waals surface area contributed by atoms with Gasteiger partial charge in [-0.15, -0.1) is 0 Å². The summed E-state index contributed by atoms with van der Waals surface area (Å²) in [5.74, 6) is 0.915. The quantitative estimate of drug-likeness (QED) is 0.448. The summed E-state index contributed by atoms with van der Waals surface area (Å²) in [6.45, 7) is 4.82. The van der Waals surface area contributed by atoms with Crippen LogP contribution in [0.25, 0.3) is 10.9 Å². The lowest BCUT2D eigenvalue weighted by molar-refractivity contribution is 0.306. The normalized spacial score (nSPS) is 10.1. The Morgan fingerprint density at radius 3 is 2.15 bits per heavy atom. The van der Waals surface area contributed by atoms with E-state index in [0.717, 1.165) is 11.3 Å². The van der Waals surface area contributed by atoms with Gasteiger partial charge in [0, 0.05) is 11.6 Å². The second-order valence-electron chi connectivity index (χ2n) is 6.23. The summed E-state index contributed by atoms with van der Waals surface area (Å²) < 4.78 is 5.63. The van der Waals surface area contributed by atoms with E-state index in [1.165, 1.54) is 22.1 Å². The highest BCUT2D eigenvalue weighted by atomic mass is 16.5. The van der Waals surface area contributed by atoms with Crippen LogP contribution < -0.4 is 4.74 Å². The summed E-state index contributed by atoms with van der Waals surface area (Å²) in [5, 5.41) is 1.25. The Hall–Kier alpha value is -3.13. The number of benzene rings is 3. The molecule has 0 fully saturated rings. The molecule has 0 spiro atoms. The first kappa shape index (κ1) is 17.7. The van der Waals surface area contributed by atoms with Gasteiger partial charge >= 0.3 is 0 Å². The molecule has 26 heavy (non-hydrogen) atoms. The van der Waals surface area contributed by atoms with E-state index in [-0.39, 0.29) is 0 Å². The van der Waals surface area contributed by atoms with Crippen LogP contribution in [0.1, 0.15) is 16.7 Å². The Morgan fingerprint density at radius 2 is 1.42 bits per heavy atom. The van der Waals surface area contributed by atoms with E-state index >= 15 is 0 Å². The fourth-order valence-corrected chi connectivity index (χ4v) is 2.61. The van der Waals surface area contributed by atoms with Crippen molar-refractivity contribution >= 4 is 10.9 Å². The van der Waals surface area contributed by atoms with Gasteiger partial charge in [0.2, 0.25) is 0 Å². The van der Waals surface area contributed by atoms with E-state index in [4.69, 9.17) is 4.74 Å². The van der Waals surface area contributed by atoms with Crippen molar-refractivity contribution in [3.05, 3.63) is 108 Å². The Bertz CT molecular complexity index is 941. The van der Waals surface area contributed by atoms with Gasteiger partial charge < -0.3 is 4.74 Å². The highest BCUT2D eigenvalue weighted by molar-refractivity contribution is 5.81. The molecule has 0 amide bonds. The van der Waals surface area contributed by atoms with Crippen LogP contribution in [0.4, 0.5) is 0 Å². The molecule has 0 bridgehead atoms. The lowest BCUT2D eigenvalue weighted by Crippen LogP contribution is -1.94. The minimum absolute atomic E-state index is 0.629. The molecule has 0 atom stereocenters. The number of ether oxygens (including phenoxy) is 1. The molecule has 1 aromatic heterocycles. The Kier molecular flexibility index (Phi) is 6.00. The molecule has 0 aliphatic heterocycles. The second-order valence-corrected chi connectivity index (χ2v) is 6.23. The van der Waals surface area contributed by atoms with Crippen molar-refractivity contribution in [3.63, 3.8) is 0 Å². The first-order chi connectivity index (χ1) is 12.7. The number of aryl methyl sites for hydroxylation is 2. The summed E-state index contributed by atoms with van der Waals surface area (Å²) in [6.07, 6.45) is 1.84. The summed E-state index contributed by atoms with van der Waals surface area (Å²) >= 11 is 0. The molecule has 2 nitrogen and oxygen atoms in total. The number of para-hydroxylation sites is 2. The SMILES string of the molecule is Cc1ccc(COc2ccccc2)cc1.Cc1ccnc2ccccc12. The summed E-state index contributed by atoms with van der Waals surface area (Å²) in [5.41, 5.74) is 4.84. The molecule has 4 aromatic rings. The highest BCUT2D eigenvalue weighted by Gasteiger charge is 1.95. The van der Waals surface area contributed by atoms with Crippen LogP contribution in [0.5, 0.6) is 5.75 Å². The molecule has 0 aliphatic rings. The molecule has 0 saturated heterocycles. The van der Waals surface area contributed by atoms with Crippen molar-refractivity contribution < 1.29 is 4.74 Å². The number of hydrogen-bond acceptors (Lipinski definition) is 2. The zero-order valence-corrected chi connectivity index (χ0v) is 15.2. The fourth-order valence-electron chi connectivity index (χ4n) is 2.61. The predicted molar refractivity (Wildman–Crippen MR) is 108 cm³/mol. The molecule has 1 heterocycles. The van der Waals surface area contributed by atoms with Gasteiger partial charge in [0.1, 0.15) is 12.4 Å². The van der Waals surface area contributed by atoms with Crippen LogP contribution in [0, 0.1) is 13.8 Å².